The number of aromatic nitrogens is 1. The average Bonchev–Trinajstić information content (AvgIpc) is 2.53. The predicted octanol–water partition coefficient (Wildman–Crippen LogP) is 4.44. The van der Waals surface area contributed by atoms with Gasteiger partial charge in [0.1, 0.15) is 5.75 Å². The van der Waals surface area contributed by atoms with Crippen molar-refractivity contribution < 1.29 is 4.74 Å². The van der Waals surface area contributed by atoms with Crippen LogP contribution in [-0.4, -0.2) is 12.1 Å². The first kappa shape index (κ1) is 12.9. The van der Waals surface area contributed by atoms with Gasteiger partial charge in [-0.25, -0.2) is 0 Å². The van der Waals surface area contributed by atoms with Crippen molar-refractivity contribution in [1.29, 1.82) is 0 Å². The van der Waals surface area contributed by atoms with E-state index in [0.717, 1.165) is 22.9 Å². The normalized spacial score (nSPS) is 24.9. The van der Waals surface area contributed by atoms with Gasteiger partial charge < -0.3 is 4.74 Å². The highest BCUT2D eigenvalue weighted by atomic mass is 16.5. The first-order valence-corrected chi connectivity index (χ1v) is 7.73. The molecule has 0 N–H and O–H groups in total. The lowest BCUT2D eigenvalue weighted by Crippen LogP contribution is -2.48. The topological polar surface area (TPSA) is 22.1 Å². The van der Waals surface area contributed by atoms with E-state index < -0.39 is 0 Å². The van der Waals surface area contributed by atoms with Crippen LogP contribution in [0.4, 0.5) is 0 Å². The maximum atomic E-state index is 5.22. The summed E-state index contributed by atoms with van der Waals surface area (Å²) in [7, 11) is 1.69. The number of pyridine rings is 1. The summed E-state index contributed by atoms with van der Waals surface area (Å²) >= 11 is 0. The van der Waals surface area contributed by atoms with Gasteiger partial charge >= 0.3 is 0 Å². The number of ether oxygens (including phenoxy) is 1. The van der Waals surface area contributed by atoms with Crippen molar-refractivity contribution in [3.8, 4) is 17.0 Å². The minimum Gasteiger partial charge on any atom is -0.497 e. The molecule has 2 nitrogen and oxygen atoms in total. The van der Waals surface area contributed by atoms with Crippen LogP contribution in [0.3, 0.4) is 0 Å². The molecule has 1 aromatic carbocycles. The second kappa shape index (κ2) is 4.33. The van der Waals surface area contributed by atoms with Crippen molar-refractivity contribution in [2.75, 3.05) is 7.11 Å². The molecule has 2 aromatic rings. The van der Waals surface area contributed by atoms with Crippen molar-refractivity contribution in [3.05, 3.63) is 47.7 Å². The summed E-state index contributed by atoms with van der Waals surface area (Å²) in [5.41, 5.74) is 5.71. The Labute approximate surface area is 126 Å². The molecular formula is C19H21NO. The minimum atomic E-state index is 0.469. The van der Waals surface area contributed by atoms with Crippen LogP contribution in [0.1, 0.15) is 37.3 Å². The Hall–Kier alpha value is -1.83. The molecule has 2 unspecified atom stereocenters. The van der Waals surface area contributed by atoms with Crippen LogP contribution in [0.2, 0.25) is 0 Å². The summed E-state index contributed by atoms with van der Waals surface area (Å²) in [6.07, 6.45) is 4.69. The van der Waals surface area contributed by atoms with E-state index in [9.17, 15) is 0 Å². The molecular weight excluding hydrogens is 258 g/mol. The lowest BCUT2D eigenvalue weighted by atomic mass is 9.47. The molecule has 0 saturated heterocycles. The van der Waals surface area contributed by atoms with Gasteiger partial charge in [-0.15, -0.1) is 0 Å². The van der Waals surface area contributed by atoms with Gasteiger partial charge in [-0.05, 0) is 71.6 Å². The van der Waals surface area contributed by atoms with Gasteiger partial charge in [0, 0.05) is 11.8 Å². The van der Waals surface area contributed by atoms with E-state index in [1.54, 1.807) is 7.11 Å². The SMILES string of the molecule is COc1ccc(-c2cc3c(cn2)C2CC(C3)C2(C)C)cc1. The number of nitrogens with zero attached hydrogens (tertiary/aromatic N) is 1. The van der Waals surface area contributed by atoms with Gasteiger partial charge in [-0.3, -0.25) is 4.98 Å². The van der Waals surface area contributed by atoms with Gasteiger partial charge in [0.15, 0.2) is 0 Å². The van der Waals surface area contributed by atoms with Gasteiger partial charge in [0.25, 0.3) is 0 Å². The van der Waals surface area contributed by atoms with E-state index in [0.29, 0.717) is 11.3 Å². The maximum Gasteiger partial charge on any atom is 0.118 e. The molecule has 1 fully saturated rings. The highest BCUT2D eigenvalue weighted by Crippen LogP contribution is 2.62. The van der Waals surface area contributed by atoms with Crippen LogP contribution in [-0.2, 0) is 6.42 Å². The molecule has 1 saturated carbocycles. The fourth-order valence-electron chi connectivity index (χ4n) is 4.07. The van der Waals surface area contributed by atoms with Gasteiger partial charge in [0.2, 0.25) is 0 Å². The Balaban J connectivity index is 1.70. The van der Waals surface area contributed by atoms with Crippen molar-refractivity contribution >= 4 is 0 Å². The van der Waals surface area contributed by atoms with E-state index in [2.05, 4.69) is 38.2 Å². The quantitative estimate of drug-likeness (QED) is 0.810. The Morgan fingerprint density at radius 1 is 1.19 bits per heavy atom. The van der Waals surface area contributed by atoms with Crippen LogP contribution in [0.15, 0.2) is 36.5 Å². The zero-order chi connectivity index (χ0) is 14.6. The molecule has 1 aromatic heterocycles. The third kappa shape index (κ3) is 1.81. The Kier molecular flexibility index (Phi) is 2.66. The summed E-state index contributed by atoms with van der Waals surface area (Å²) in [4.78, 5) is 4.72. The minimum absolute atomic E-state index is 0.469. The Bertz CT molecular complexity index is 687. The zero-order valence-electron chi connectivity index (χ0n) is 12.9. The van der Waals surface area contributed by atoms with Crippen LogP contribution in [0, 0.1) is 11.3 Å². The summed E-state index contributed by atoms with van der Waals surface area (Å²) in [5, 5.41) is 0. The number of rotatable bonds is 2. The molecule has 1 heterocycles. The smallest absolute Gasteiger partial charge is 0.118 e. The molecule has 21 heavy (non-hydrogen) atoms. The van der Waals surface area contributed by atoms with Crippen LogP contribution < -0.4 is 4.74 Å². The summed E-state index contributed by atoms with van der Waals surface area (Å²) in [6, 6.07) is 10.5. The molecule has 2 atom stereocenters. The van der Waals surface area contributed by atoms with Crippen molar-refractivity contribution in [3.63, 3.8) is 0 Å². The first-order chi connectivity index (χ1) is 10.1. The second-order valence-electron chi connectivity index (χ2n) is 7.01. The number of hydrogen-bond acceptors (Lipinski definition) is 2. The highest BCUT2D eigenvalue weighted by molar-refractivity contribution is 5.62. The molecule has 5 rings (SSSR count). The zero-order valence-corrected chi connectivity index (χ0v) is 12.9. The monoisotopic (exact) mass is 279 g/mol. The maximum absolute atomic E-state index is 5.22. The third-order valence-electron chi connectivity index (χ3n) is 5.72. The first-order valence-electron chi connectivity index (χ1n) is 7.73. The Morgan fingerprint density at radius 3 is 2.62 bits per heavy atom. The molecule has 3 aliphatic carbocycles. The standard InChI is InChI=1S/C19H21NO/c1-19(2)14-8-13-9-18(20-11-16(13)17(19)10-14)12-4-6-15(21-3)7-5-12/h4-7,9,11,14,17H,8,10H2,1-3H3. The number of methoxy groups -OCH3 is 1. The van der Waals surface area contributed by atoms with E-state index in [1.165, 1.54) is 24.0 Å². The van der Waals surface area contributed by atoms with Crippen LogP contribution >= 0.6 is 0 Å². The number of hydrogen-bond donors (Lipinski definition) is 0. The number of benzene rings is 1. The van der Waals surface area contributed by atoms with Gasteiger partial charge in [0.05, 0.1) is 12.8 Å². The van der Waals surface area contributed by atoms with Gasteiger partial charge in [-0.2, -0.15) is 0 Å². The molecule has 108 valence electrons. The molecule has 2 bridgehead atoms. The van der Waals surface area contributed by atoms with E-state index in [1.807, 2.05) is 12.1 Å². The highest BCUT2D eigenvalue weighted by Gasteiger charge is 2.52. The van der Waals surface area contributed by atoms with Gasteiger partial charge in [-0.1, -0.05) is 13.8 Å². The van der Waals surface area contributed by atoms with E-state index in [-0.39, 0.29) is 0 Å². The summed E-state index contributed by atoms with van der Waals surface area (Å²) in [5.74, 6) is 2.45. The summed E-state index contributed by atoms with van der Waals surface area (Å²) in [6.45, 7) is 4.82. The largest absolute Gasteiger partial charge is 0.497 e. The molecule has 2 heteroatoms. The second-order valence-corrected chi connectivity index (χ2v) is 7.01. The fourth-order valence-corrected chi connectivity index (χ4v) is 4.07. The third-order valence-corrected chi connectivity index (χ3v) is 5.72. The van der Waals surface area contributed by atoms with Crippen LogP contribution in [0.5, 0.6) is 5.75 Å². The van der Waals surface area contributed by atoms with Crippen molar-refractivity contribution in [1.82, 2.24) is 4.98 Å². The van der Waals surface area contributed by atoms with Crippen molar-refractivity contribution in [2.45, 2.75) is 32.6 Å². The fraction of sp³-hybridized carbons (Fsp3) is 0.421. The molecule has 0 aliphatic heterocycles. The molecule has 0 spiro atoms. The van der Waals surface area contributed by atoms with Crippen molar-refractivity contribution in [2.24, 2.45) is 11.3 Å². The molecule has 0 radical (unpaired) electrons. The summed E-state index contributed by atoms with van der Waals surface area (Å²) < 4.78 is 5.22. The predicted molar refractivity (Wildman–Crippen MR) is 84.6 cm³/mol. The molecule has 3 aliphatic rings. The van der Waals surface area contributed by atoms with Crippen LogP contribution in [0.25, 0.3) is 11.3 Å². The van der Waals surface area contributed by atoms with E-state index in [4.69, 9.17) is 9.72 Å². The van der Waals surface area contributed by atoms with E-state index >= 15 is 0 Å². The Morgan fingerprint density at radius 2 is 1.95 bits per heavy atom. The molecule has 0 amide bonds. The lowest BCUT2D eigenvalue weighted by Gasteiger charge is -2.57. The lowest BCUT2D eigenvalue weighted by molar-refractivity contribution is 0.0183. The average molecular weight is 279 g/mol.